The summed E-state index contributed by atoms with van der Waals surface area (Å²) in [6.07, 6.45) is 4.46. The molecule has 1 aliphatic rings. The fraction of sp³-hybridized carbons (Fsp3) is 0.308. The quantitative estimate of drug-likeness (QED) is 0.577. The van der Waals surface area contributed by atoms with E-state index >= 15 is 0 Å². The van der Waals surface area contributed by atoms with Crippen molar-refractivity contribution in [2.45, 2.75) is 13.3 Å². The molecule has 0 aromatic carbocycles. The van der Waals surface area contributed by atoms with E-state index in [2.05, 4.69) is 13.2 Å². The summed E-state index contributed by atoms with van der Waals surface area (Å²) >= 11 is 0. The Kier molecular flexibility index (Phi) is 4.47. The van der Waals surface area contributed by atoms with Crippen molar-refractivity contribution in [1.82, 2.24) is 10.2 Å². The summed E-state index contributed by atoms with van der Waals surface area (Å²) in [6.45, 7) is 9.02. The average molecular weight is 250 g/mol. The first-order valence-corrected chi connectivity index (χ1v) is 5.49. The Hall–Kier alpha value is -1.85. The van der Waals surface area contributed by atoms with Gasteiger partial charge in [0, 0.05) is 24.7 Å². The van der Waals surface area contributed by atoms with Crippen molar-refractivity contribution in [3.8, 4) is 0 Å². The van der Waals surface area contributed by atoms with Crippen LogP contribution in [0.25, 0.3) is 0 Å². The van der Waals surface area contributed by atoms with Crippen molar-refractivity contribution < 1.29 is 15.1 Å². The number of carboxylic acids is 1. The number of nitrogens with zero attached hydrogens (tertiary/aromatic N) is 2. The molecule has 0 amide bonds. The lowest BCUT2D eigenvalue weighted by Crippen LogP contribution is -2.39. The number of hydroxylamine groups is 1. The fourth-order valence-electron chi connectivity index (χ4n) is 1.61. The Labute approximate surface area is 107 Å². The number of hydrogen-bond donors (Lipinski definition) is 2. The zero-order chi connectivity index (χ0) is 13.9. The van der Waals surface area contributed by atoms with Gasteiger partial charge in [0.15, 0.2) is 0 Å². The highest BCUT2D eigenvalue weighted by atomic mass is 16.5. The molecule has 1 aliphatic carbocycles. The van der Waals surface area contributed by atoms with Crippen LogP contribution in [0.3, 0.4) is 0 Å². The van der Waals surface area contributed by atoms with Gasteiger partial charge in [-0.2, -0.15) is 0 Å². The van der Waals surface area contributed by atoms with Crippen LogP contribution < -0.4 is 0 Å². The smallest absolute Gasteiger partial charge is 0.332 e. The molecule has 0 saturated heterocycles. The van der Waals surface area contributed by atoms with Crippen molar-refractivity contribution >= 4 is 5.97 Å². The van der Waals surface area contributed by atoms with Gasteiger partial charge >= 0.3 is 5.97 Å². The first-order valence-electron chi connectivity index (χ1n) is 5.49. The predicted octanol–water partition coefficient (Wildman–Crippen LogP) is 1.96. The maximum Gasteiger partial charge on any atom is 0.332 e. The van der Waals surface area contributed by atoms with Crippen molar-refractivity contribution in [1.29, 1.82) is 0 Å². The van der Waals surface area contributed by atoms with Gasteiger partial charge < -0.3 is 5.11 Å². The summed E-state index contributed by atoms with van der Waals surface area (Å²) in [4.78, 5) is 10.7. The fourth-order valence-corrected chi connectivity index (χ4v) is 1.61. The molecule has 0 unspecified atom stereocenters. The number of allylic oxidation sites excluding steroid dienone is 4. The Balaban J connectivity index is 2.78. The third-order valence-electron chi connectivity index (χ3n) is 2.79. The number of hydrogen-bond acceptors (Lipinski definition) is 4. The molecular formula is C13H18N2O3. The lowest BCUT2D eigenvalue weighted by Gasteiger charge is -2.32. The van der Waals surface area contributed by atoms with Crippen molar-refractivity contribution in [3.05, 3.63) is 47.7 Å². The molecule has 1 rings (SSSR count). The lowest BCUT2D eigenvalue weighted by molar-refractivity contribution is -0.215. The molecule has 18 heavy (non-hydrogen) atoms. The summed E-state index contributed by atoms with van der Waals surface area (Å²) in [6, 6.07) is 0. The van der Waals surface area contributed by atoms with E-state index in [0.717, 1.165) is 22.0 Å². The molecule has 0 heterocycles. The highest BCUT2D eigenvalue weighted by Crippen LogP contribution is 2.24. The minimum absolute atomic E-state index is 0.0761. The largest absolute Gasteiger partial charge is 0.478 e. The van der Waals surface area contributed by atoms with E-state index in [1.54, 1.807) is 7.05 Å². The van der Waals surface area contributed by atoms with Gasteiger partial charge in [-0.15, -0.1) is 0 Å². The summed E-state index contributed by atoms with van der Waals surface area (Å²) in [5, 5.41) is 20.9. The topological polar surface area (TPSA) is 64.0 Å². The number of carboxylic acid groups (broad SMARTS) is 1. The van der Waals surface area contributed by atoms with E-state index in [1.807, 2.05) is 19.1 Å². The Bertz CT molecular complexity index is 449. The van der Waals surface area contributed by atoms with Crippen LogP contribution in [0.5, 0.6) is 0 Å². The van der Waals surface area contributed by atoms with Crippen molar-refractivity contribution in [2.24, 2.45) is 0 Å². The highest BCUT2D eigenvalue weighted by molar-refractivity contribution is 5.86. The van der Waals surface area contributed by atoms with Crippen LogP contribution in [0.4, 0.5) is 0 Å². The van der Waals surface area contributed by atoms with Crippen molar-refractivity contribution in [2.75, 3.05) is 13.6 Å². The molecule has 0 bridgehead atoms. The van der Waals surface area contributed by atoms with Gasteiger partial charge in [0.05, 0.1) is 6.54 Å². The minimum atomic E-state index is -1.12. The summed E-state index contributed by atoms with van der Waals surface area (Å²) in [7, 11) is 1.67. The lowest BCUT2D eigenvalue weighted by atomic mass is 10.0. The average Bonchev–Trinajstić information content (AvgIpc) is 2.31. The summed E-state index contributed by atoms with van der Waals surface area (Å²) in [5.74, 6) is -1.12. The standard InChI is InChI=1S/C13H18N2O3/c1-9-5-6-10(2)12(7-9)14(4)15(18)8-11(3)13(16)17/h5-6,18H,1,3,7-8H2,2,4H3,(H,16,17). The zero-order valence-corrected chi connectivity index (χ0v) is 10.7. The van der Waals surface area contributed by atoms with E-state index in [4.69, 9.17) is 5.11 Å². The van der Waals surface area contributed by atoms with Crippen LogP contribution >= 0.6 is 0 Å². The number of carbonyl (C=O) groups is 1. The maximum absolute atomic E-state index is 10.7. The third-order valence-corrected chi connectivity index (χ3v) is 2.79. The SMILES string of the molecule is C=C1C=CC(C)=C(N(C)N(O)CC(=C)C(=O)O)C1. The van der Waals surface area contributed by atoms with E-state index in [-0.39, 0.29) is 12.1 Å². The molecule has 5 nitrogen and oxygen atoms in total. The van der Waals surface area contributed by atoms with Gasteiger partial charge in [-0.05, 0) is 18.1 Å². The second-order valence-corrected chi connectivity index (χ2v) is 4.26. The van der Waals surface area contributed by atoms with Gasteiger partial charge in [0.25, 0.3) is 0 Å². The van der Waals surface area contributed by atoms with Crippen molar-refractivity contribution in [3.63, 3.8) is 0 Å². The normalized spacial score (nSPS) is 15.2. The molecule has 0 saturated carbocycles. The monoisotopic (exact) mass is 250 g/mol. The van der Waals surface area contributed by atoms with Gasteiger partial charge in [-0.25, -0.2) is 4.79 Å². The first-order chi connectivity index (χ1) is 8.32. The molecule has 0 atom stereocenters. The maximum atomic E-state index is 10.7. The Morgan fingerprint density at radius 1 is 1.50 bits per heavy atom. The Morgan fingerprint density at radius 3 is 2.67 bits per heavy atom. The zero-order valence-electron chi connectivity index (χ0n) is 10.7. The molecule has 0 aromatic rings. The van der Waals surface area contributed by atoms with Crippen LogP contribution in [-0.4, -0.2) is 40.1 Å². The van der Waals surface area contributed by atoms with Crippen LogP contribution in [0.2, 0.25) is 0 Å². The van der Waals surface area contributed by atoms with E-state index in [9.17, 15) is 10.0 Å². The second kappa shape index (κ2) is 5.66. The predicted molar refractivity (Wildman–Crippen MR) is 68.6 cm³/mol. The van der Waals surface area contributed by atoms with Crippen LogP contribution in [0, 0.1) is 0 Å². The van der Waals surface area contributed by atoms with Crippen LogP contribution in [0.1, 0.15) is 13.3 Å². The first kappa shape index (κ1) is 14.2. The highest BCUT2D eigenvalue weighted by Gasteiger charge is 2.18. The number of hydrazine groups is 1. The van der Waals surface area contributed by atoms with Gasteiger partial charge in [-0.1, -0.05) is 30.5 Å². The van der Waals surface area contributed by atoms with Gasteiger partial charge in [0.1, 0.15) is 0 Å². The molecule has 98 valence electrons. The molecule has 0 radical (unpaired) electrons. The minimum Gasteiger partial charge on any atom is -0.478 e. The molecule has 2 N–H and O–H groups in total. The van der Waals surface area contributed by atoms with Gasteiger partial charge in [0.2, 0.25) is 0 Å². The van der Waals surface area contributed by atoms with E-state index < -0.39 is 5.97 Å². The number of aliphatic carboxylic acids is 1. The molecule has 0 aliphatic heterocycles. The molecule has 5 heteroatoms. The van der Waals surface area contributed by atoms with E-state index in [1.165, 1.54) is 5.01 Å². The second-order valence-electron chi connectivity index (χ2n) is 4.26. The van der Waals surface area contributed by atoms with Gasteiger partial charge in [-0.3, -0.25) is 10.2 Å². The van der Waals surface area contributed by atoms with E-state index in [0.29, 0.717) is 6.42 Å². The molecular weight excluding hydrogens is 232 g/mol. The summed E-state index contributed by atoms with van der Waals surface area (Å²) in [5.41, 5.74) is 2.74. The summed E-state index contributed by atoms with van der Waals surface area (Å²) < 4.78 is 0. The number of rotatable bonds is 5. The van der Waals surface area contributed by atoms with Crippen LogP contribution in [0.15, 0.2) is 47.7 Å². The third kappa shape index (κ3) is 3.32. The molecule has 0 spiro atoms. The molecule has 0 aromatic heterocycles. The van der Waals surface area contributed by atoms with Crippen LogP contribution in [-0.2, 0) is 4.79 Å². The Morgan fingerprint density at radius 2 is 2.11 bits per heavy atom. The molecule has 0 fully saturated rings.